The number of carbonyl (C=O) groups is 2. The first-order valence-corrected chi connectivity index (χ1v) is 11.0. The number of methoxy groups -OCH3 is 1. The van der Waals surface area contributed by atoms with Crippen LogP contribution in [0.3, 0.4) is 0 Å². The van der Waals surface area contributed by atoms with Gasteiger partial charge in [-0.05, 0) is 55.0 Å². The van der Waals surface area contributed by atoms with Crippen LogP contribution in [0.2, 0.25) is 0 Å². The fourth-order valence-corrected chi connectivity index (χ4v) is 4.78. The normalized spacial score (nSPS) is 22.8. The maximum atomic E-state index is 13.2. The van der Waals surface area contributed by atoms with Crippen LogP contribution in [0.15, 0.2) is 42.5 Å². The summed E-state index contributed by atoms with van der Waals surface area (Å²) < 4.78 is 44.4. The third-order valence-electron chi connectivity index (χ3n) is 6.43. The second-order valence-corrected chi connectivity index (χ2v) is 8.60. The molecule has 1 heterocycles. The van der Waals surface area contributed by atoms with Crippen molar-refractivity contribution < 1.29 is 27.5 Å². The average molecular weight is 461 g/mol. The van der Waals surface area contributed by atoms with Crippen LogP contribution >= 0.6 is 0 Å². The summed E-state index contributed by atoms with van der Waals surface area (Å²) in [5, 5.41) is 2.54. The molecule has 1 aliphatic carbocycles. The molecule has 4 rings (SSSR count). The van der Waals surface area contributed by atoms with Crippen LogP contribution in [0.5, 0.6) is 5.75 Å². The first kappa shape index (κ1) is 23.1. The van der Waals surface area contributed by atoms with Gasteiger partial charge in [-0.2, -0.15) is 13.2 Å². The van der Waals surface area contributed by atoms with E-state index in [0.717, 1.165) is 43.4 Å². The second-order valence-electron chi connectivity index (χ2n) is 8.60. The predicted molar refractivity (Wildman–Crippen MR) is 117 cm³/mol. The third-order valence-corrected chi connectivity index (χ3v) is 6.43. The Morgan fingerprint density at radius 2 is 1.94 bits per heavy atom. The van der Waals surface area contributed by atoms with Crippen molar-refractivity contribution in [1.29, 1.82) is 0 Å². The van der Waals surface area contributed by atoms with Crippen LogP contribution in [-0.4, -0.2) is 25.0 Å². The summed E-state index contributed by atoms with van der Waals surface area (Å²) in [6.45, 7) is 0. The largest absolute Gasteiger partial charge is 0.497 e. The average Bonchev–Trinajstić information content (AvgIpc) is 2.80. The highest BCUT2D eigenvalue weighted by atomic mass is 19.4. The molecule has 2 aromatic carbocycles. The van der Waals surface area contributed by atoms with Crippen LogP contribution < -0.4 is 20.9 Å². The molecule has 0 spiro atoms. The van der Waals surface area contributed by atoms with Gasteiger partial charge in [-0.15, -0.1) is 0 Å². The van der Waals surface area contributed by atoms with Crippen LogP contribution in [-0.2, 0) is 17.4 Å². The molecule has 0 radical (unpaired) electrons. The van der Waals surface area contributed by atoms with Gasteiger partial charge in [0.25, 0.3) is 5.91 Å². The van der Waals surface area contributed by atoms with Gasteiger partial charge in [-0.1, -0.05) is 25.0 Å². The highest BCUT2D eigenvalue weighted by Gasteiger charge is 2.39. The number of amides is 2. The lowest BCUT2D eigenvalue weighted by molar-refractivity contribution is -0.137. The number of fused-ring (bicyclic) bond motifs is 1. The Hall–Kier alpha value is -3.07. The molecule has 0 aromatic heterocycles. The maximum Gasteiger partial charge on any atom is 0.416 e. The number of hydrogen-bond acceptors (Lipinski definition) is 4. The number of anilines is 1. The third kappa shape index (κ3) is 5.30. The molecule has 2 aromatic rings. The van der Waals surface area contributed by atoms with E-state index in [-0.39, 0.29) is 35.2 Å². The molecule has 2 amide bonds. The van der Waals surface area contributed by atoms with Gasteiger partial charge in [-0.3, -0.25) is 15.0 Å². The molecule has 1 saturated carbocycles. The van der Waals surface area contributed by atoms with E-state index >= 15 is 0 Å². The van der Waals surface area contributed by atoms with Crippen LogP contribution in [0, 0.1) is 11.8 Å². The number of ether oxygens (including phenoxy) is 1. The van der Waals surface area contributed by atoms with Crippen molar-refractivity contribution in [2.75, 3.05) is 12.4 Å². The minimum absolute atomic E-state index is 0.00112. The fourth-order valence-electron chi connectivity index (χ4n) is 4.78. The van der Waals surface area contributed by atoms with Crippen molar-refractivity contribution in [3.63, 3.8) is 0 Å². The monoisotopic (exact) mass is 461 g/mol. The van der Waals surface area contributed by atoms with Gasteiger partial charge in [0, 0.05) is 29.3 Å². The summed E-state index contributed by atoms with van der Waals surface area (Å²) >= 11 is 0. The molecule has 1 saturated heterocycles. The van der Waals surface area contributed by atoms with E-state index in [1.807, 2.05) is 6.07 Å². The molecule has 2 fully saturated rings. The van der Waals surface area contributed by atoms with Gasteiger partial charge in [0.2, 0.25) is 5.91 Å². The number of rotatable bonds is 5. The minimum atomic E-state index is -4.56. The number of nitrogens with one attached hydrogen (secondary N) is 3. The van der Waals surface area contributed by atoms with Gasteiger partial charge in [0.1, 0.15) is 5.75 Å². The zero-order chi connectivity index (χ0) is 23.6. The molecule has 3 atom stereocenters. The molecule has 9 heteroatoms. The van der Waals surface area contributed by atoms with Gasteiger partial charge in [-0.25, -0.2) is 5.43 Å². The van der Waals surface area contributed by atoms with Gasteiger partial charge >= 0.3 is 6.18 Å². The lowest BCUT2D eigenvalue weighted by Gasteiger charge is -2.41. The quantitative estimate of drug-likeness (QED) is 0.620. The summed E-state index contributed by atoms with van der Waals surface area (Å²) in [5.41, 5.74) is 6.23. The molecular weight excluding hydrogens is 435 g/mol. The van der Waals surface area contributed by atoms with Crippen LogP contribution in [0.4, 0.5) is 18.9 Å². The Balaban J connectivity index is 1.49. The second kappa shape index (κ2) is 9.43. The van der Waals surface area contributed by atoms with Gasteiger partial charge < -0.3 is 10.1 Å². The molecule has 33 heavy (non-hydrogen) atoms. The number of alkyl halides is 3. The van der Waals surface area contributed by atoms with Crippen molar-refractivity contribution in [3.8, 4) is 5.75 Å². The Bertz CT molecular complexity index is 1040. The summed E-state index contributed by atoms with van der Waals surface area (Å²) in [6.07, 6.45) is 0.0744. The van der Waals surface area contributed by atoms with Crippen LogP contribution in [0.25, 0.3) is 0 Å². The molecule has 2 aliphatic rings. The van der Waals surface area contributed by atoms with Gasteiger partial charge in [0.05, 0.1) is 12.7 Å². The summed E-state index contributed by atoms with van der Waals surface area (Å²) in [5.74, 6) is -0.226. The van der Waals surface area contributed by atoms with E-state index in [1.165, 1.54) is 13.2 Å². The zero-order valence-electron chi connectivity index (χ0n) is 18.2. The highest BCUT2D eigenvalue weighted by Crippen LogP contribution is 2.36. The maximum absolute atomic E-state index is 13.2. The first-order chi connectivity index (χ1) is 15.7. The number of hydrogen-bond donors (Lipinski definition) is 3. The number of benzene rings is 2. The van der Waals surface area contributed by atoms with Crippen molar-refractivity contribution in [3.05, 3.63) is 59.2 Å². The Kier molecular flexibility index (Phi) is 6.60. The van der Waals surface area contributed by atoms with E-state index < -0.39 is 17.6 Å². The smallest absolute Gasteiger partial charge is 0.416 e. The van der Waals surface area contributed by atoms with E-state index in [0.29, 0.717) is 12.0 Å². The summed E-state index contributed by atoms with van der Waals surface area (Å²) in [4.78, 5) is 25.0. The summed E-state index contributed by atoms with van der Waals surface area (Å²) in [7, 11) is 1.27. The van der Waals surface area contributed by atoms with Crippen molar-refractivity contribution in [2.24, 2.45) is 11.8 Å². The number of hydrazine groups is 1. The molecule has 176 valence electrons. The van der Waals surface area contributed by atoms with Gasteiger partial charge in [0.15, 0.2) is 0 Å². The van der Waals surface area contributed by atoms with E-state index in [1.54, 1.807) is 18.2 Å². The topological polar surface area (TPSA) is 79.5 Å². The minimum Gasteiger partial charge on any atom is -0.497 e. The van der Waals surface area contributed by atoms with Crippen molar-refractivity contribution in [2.45, 2.75) is 44.3 Å². The molecular formula is C24H26F3N3O3. The lowest BCUT2D eigenvalue weighted by atomic mass is 9.72. The fraction of sp³-hybridized carbons (Fsp3) is 0.417. The SMILES string of the molecule is COc1cc(NC(=O)c2cccc(CC3NNC(=O)C4CCCCC34)c2)cc(C(F)(F)F)c1. The number of halogens is 3. The van der Waals surface area contributed by atoms with Crippen molar-refractivity contribution in [1.82, 2.24) is 10.9 Å². The molecule has 3 unspecified atom stereocenters. The van der Waals surface area contributed by atoms with E-state index in [4.69, 9.17) is 4.74 Å². The Morgan fingerprint density at radius 3 is 2.70 bits per heavy atom. The number of carbonyl (C=O) groups excluding carboxylic acids is 2. The predicted octanol–water partition coefficient (Wildman–Crippen LogP) is 4.32. The Morgan fingerprint density at radius 1 is 1.15 bits per heavy atom. The molecule has 6 nitrogen and oxygen atoms in total. The summed E-state index contributed by atoms with van der Waals surface area (Å²) in [6, 6.07) is 10.1. The molecule has 3 N–H and O–H groups in total. The van der Waals surface area contributed by atoms with E-state index in [9.17, 15) is 22.8 Å². The lowest BCUT2D eigenvalue weighted by Crippen LogP contribution is -2.60. The van der Waals surface area contributed by atoms with Crippen LogP contribution in [0.1, 0.15) is 47.2 Å². The first-order valence-electron chi connectivity index (χ1n) is 11.0. The zero-order valence-corrected chi connectivity index (χ0v) is 18.2. The van der Waals surface area contributed by atoms with Crippen molar-refractivity contribution >= 4 is 17.5 Å². The highest BCUT2D eigenvalue weighted by molar-refractivity contribution is 6.04. The Labute approximate surface area is 189 Å². The van der Waals surface area contributed by atoms with E-state index in [2.05, 4.69) is 16.2 Å². The molecule has 1 aliphatic heterocycles. The molecule has 0 bridgehead atoms. The standard InChI is InChI=1S/C24H26F3N3O3/c1-33-18-12-16(24(25,26)27)11-17(13-18)28-22(31)15-6-4-5-14(9-15)10-21-19-7-2-3-8-20(19)23(32)30-29-21/h4-6,9,11-13,19-21,29H,2-3,7-8,10H2,1H3,(H,28,31)(H,30,32).